The quantitative estimate of drug-likeness (QED) is 0.463. The fourth-order valence-corrected chi connectivity index (χ4v) is 3.49. The largest absolute Gasteiger partial charge is 0.497 e. The van der Waals surface area contributed by atoms with Crippen molar-refractivity contribution in [2.24, 2.45) is 0 Å². The number of hydrogen-bond acceptors (Lipinski definition) is 5. The van der Waals surface area contributed by atoms with Crippen LogP contribution in [0.1, 0.15) is 15.9 Å². The Bertz CT molecular complexity index is 1250. The van der Waals surface area contributed by atoms with E-state index in [1.54, 1.807) is 13.2 Å². The third-order valence-corrected chi connectivity index (χ3v) is 4.98. The first-order valence-corrected chi connectivity index (χ1v) is 9.69. The van der Waals surface area contributed by atoms with Crippen molar-refractivity contribution in [1.29, 1.82) is 0 Å². The smallest absolute Gasteiger partial charge is 0.257 e. The summed E-state index contributed by atoms with van der Waals surface area (Å²) in [4.78, 5) is 22.3. The fraction of sp³-hybridized carbons (Fsp3) is 0.174. The Labute approximate surface area is 174 Å². The molecule has 2 aromatic carbocycles. The number of nitrogen functional groups attached to an aromatic ring is 1. The van der Waals surface area contributed by atoms with Gasteiger partial charge in [-0.2, -0.15) is 0 Å². The molecule has 0 saturated heterocycles. The van der Waals surface area contributed by atoms with Gasteiger partial charge in [0.2, 0.25) is 0 Å². The molecular weight excluding hydrogens is 378 g/mol. The van der Waals surface area contributed by atoms with Crippen molar-refractivity contribution >= 4 is 33.9 Å². The Balaban J connectivity index is 1.80. The molecule has 0 aliphatic carbocycles. The van der Waals surface area contributed by atoms with Crippen molar-refractivity contribution in [3.8, 4) is 5.75 Å². The van der Waals surface area contributed by atoms with E-state index in [0.717, 1.165) is 16.8 Å². The molecule has 0 aliphatic rings. The van der Waals surface area contributed by atoms with Crippen molar-refractivity contribution in [2.45, 2.75) is 13.0 Å². The molecule has 4 rings (SSSR count). The molecular formula is C23H23N5O2. The Morgan fingerprint density at radius 2 is 1.97 bits per heavy atom. The van der Waals surface area contributed by atoms with Crippen LogP contribution in [0.5, 0.6) is 5.75 Å². The summed E-state index contributed by atoms with van der Waals surface area (Å²) < 4.78 is 7.17. The van der Waals surface area contributed by atoms with E-state index in [0.29, 0.717) is 47.6 Å². The minimum Gasteiger partial charge on any atom is -0.497 e. The van der Waals surface area contributed by atoms with E-state index in [1.165, 1.54) is 0 Å². The van der Waals surface area contributed by atoms with Crippen molar-refractivity contribution in [3.63, 3.8) is 0 Å². The van der Waals surface area contributed by atoms with Crippen LogP contribution in [0, 0.1) is 0 Å². The summed E-state index contributed by atoms with van der Waals surface area (Å²) in [6.07, 6.45) is 2.32. The van der Waals surface area contributed by atoms with Crippen LogP contribution >= 0.6 is 0 Å². The first kappa shape index (κ1) is 19.4. The molecule has 0 radical (unpaired) electrons. The predicted octanol–water partition coefficient (Wildman–Crippen LogP) is 3.33. The highest BCUT2D eigenvalue weighted by Crippen LogP contribution is 2.28. The van der Waals surface area contributed by atoms with Crippen molar-refractivity contribution in [3.05, 3.63) is 72.3 Å². The molecule has 0 aliphatic heterocycles. The Kier molecular flexibility index (Phi) is 5.34. The third kappa shape index (κ3) is 3.57. The minimum atomic E-state index is -0.290. The van der Waals surface area contributed by atoms with Gasteiger partial charge in [0.05, 0.1) is 18.1 Å². The van der Waals surface area contributed by atoms with Crippen LogP contribution in [0.3, 0.4) is 0 Å². The summed E-state index contributed by atoms with van der Waals surface area (Å²) in [5.41, 5.74) is 10.4. The first-order chi connectivity index (χ1) is 14.6. The molecule has 0 spiro atoms. The van der Waals surface area contributed by atoms with Crippen LogP contribution < -0.4 is 15.8 Å². The molecule has 30 heavy (non-hydrogen) atoms. The number of methoxy groups -OCH3 is 1. The molecule has 0 bridgehead atoms. The summed E-state index contributed by atoms with van der Waals surface area (Å²) in [5, 5.41) is 2.80. The second-order valence-corrected chi connectivity index (χ2v) is 6.90. The van der Waals surface area contributed by atoms with Crippen molar-refractivity contribution in [2.75, 3.05) is 19.4 Å². The van der Waals surface area contributed by atoms with Gasteiger partial charge in [-0.1, -0.05) is 30.3 Å². The molecule has 0 saturated carbocycles. The molecule has 2 aromatic heterocycles. The van der Waals surface area contributed by atoms with E-state index in [1.807, 2.05) is 53.1 Å². The number of anilines is 1. The fourth-order valence-electron chi connectivity index (χ4n) is 3.49. The van der Waals surface area contributed by atoms with Gasteiger partial charge in [-0.05, 0) is 36.2 Å². The molecule has 4 aromatic rings. The number of hydrogen-bond donors (Lipinski definition) is 2. The van der Waals surface area contributed by atoms with Crippen LogP contribution in [-0.4, -0.2) is 34.1 Å². The molecule has 7 nitrogen and oxygen atoms in total. The lowest BCUT2D eigenvalue weighted by molar-refractivity contribution is 0.0960. The highest BCUT2D eigenvalue weighted by molar-refractivity contribution is 6.10. The van der Waals surface area contributed by atoms with E-state index < -0.39 is 0 Å². The zero-order valence-electron chi connectivity index (χ0n) is 16.8. The number of rotatable bonds is 7. The number of nitrogens with one attached hydrogen (secondary N) is 1. The SMILES string of the molecule is C=CCNC(=O)c1c(N)n(CCc2cccc(OC)c2)c2nc3ccccc3nc12. The van der Waals surface area contributed by atoms with Crippen LogP contribution in [0.4, 0.5) is 5.82 Å². The Morgan fingerprint density at radius 1 is 1.20 bits per heavy atom. The lowest BCUT2D eigenvalue weighted by Crippen LogP contribution is -2.24. The minimum absolute atomic E-state index is 0.290. The number of carbonyl (C=O) groups is 1. The summed E-state index contributed by atoms with van der Waals surface area (Å²) in [6, 6.07) is 15.4. The van der Waals surface area contributed by atoms with E-state index in [-0.39, 0.29) is 5.91 Å². The molecule has 7 heteroatoms. The lowest BCUT2D eigenvalue weighted by Gasteiger charge is -2.09. The van der Waals surface area contributed by atoms with E-state index >= 15 is 0 Å². The highest BCUT2D eigenvalue weighted by atomic mass is 16.5. The molecule has 1 amide bonds. The zero-order valence-corrected chi connectivity index (χ0v) is 16.8. The molecule has 0 fully saturated rings. The van der Waals surface area contributed by atoms with Crippen LogP contribution in [0.15, 0.2) is 61.2 Å². The number of benzene rings is 2. The topological polar surface area (TPSA) is 95.1 Å². The number of carbonyl (C=O) groups excluding carboxylic acids is 1. The van der Waals surface area contributed by atoms with E-state index in [4.69, 9.17) is 20.4 Å². The maximum absolute atomic E-state index is 12.8. The average Bonchev–Trinajstić information content (AvgIpc) is 3.04. The number of ether oxygens (including phenoxy) is 1. The summed E-state index contributed by atoms with van der Waals surface area (Å²) in [7, 11) is 1.64. The molecule has 152 valence electrons. The van der Waals surface area contributed by atoms with Gasteiger partial charge in [-0.25, -0.2) is 9.97 Å². The number of aromatic nitrogens is 3. The summed E-state index contributed by atoms with van der Waals surface area (Å²) in [5.74, 6) is 0.861. The number of fused-ring (bicyclic) bond motifs is 2. The number of nitrogens with two attached hydrogens (primary N) is 1. The monoisotopic (exact) mass is 401 g/mol. The maximum atomic E-state index is 12.8. The molecule has 0 atom stereocenters. The second-order valence-electron chi connectivity index (χ2n) is 6.90. The van der Waals surface area contributed by atoms with Gasteiger partial charge in [0.15, 0.2) is 5.65 Å². The van der Waals surface area contributed by atoms with Gasteiger partial charge in [0.1, 0.15) is 22.6 Å². The average molecular weight is 401 g/mol. The van der Waals surface area contributed by atoms with Gasteiger partial charge in [-0.15, -0.1) is 6.58 Å². The van der Waals surface area contributed by atoms with Crippen LogP contribution in [-0.2, 0) is 13.0 Å². The number of nitrogens with zero attached hydrogens (tertiary/aromatic N) is 3. The molecule has 3 N–H and O–H groups in total. The molecule has 2 heterocycles. The van der Waals surface area contributed by atoms with Gasteiger partial charge in [-0.3, -0.25) is 4.79 Å². The van der Waals surface area contributed by atoms with Crippen molar-refractivity contribution in [1.82, 2.24) is 19.9 Å². The number of aryl methyl sites for hydroxylation is 2. The zero-order chi connectivity index (χ0) is 21.1. The normalized spacial score (nSPS) is 11.0. The lowest BCUT2D eigenvalue weighted by atomic mass is 10.1. The number of para-hydroxylation sites is 2. The van der Waals surface area contributed by atoms with Gasteiger partial charge >= 0.3 is 0 Å². The third-order valence-electron chi connectivity index (χ3n) is 4.98. The maximum Gasteiger partial charge on any atom is 0.257 e. The first-order valence-electron chi connectivity index (χ1n) is 9.69. The molecule has 0 unspecified atom stereocenters. The number of amides is 1. The summed E-state index contributed by atoms with van der Waals surface area (Å²) >= 11 is 0. The van der Waals surface area contributed by atoms with E-state index in [2.05, 4.69) is 11.9 Å². The van der Waals surface area contributed by atoms with Gasteiger partial charge < -0.3 is 20.4 Å². The second kappa shape index (κ2) is 8.24. The highest BCUT2D eigenvalue weighted by Gasteiger charge is 2.23. The van der Waals surface area contributed by atoms with Crippen LogP contribution in [0.25, 0.3) is 22.2 Å². The summed E-state index contributed by atoms with van der Waals surface area (Å²) in [6.45, 7) is 4.54. The van der Waals surface area contributed by atoms with Crippen LogP contribution in [0.2, 0.25) is 0 Å². The van der Waals surface area contributed by atoms with Gasteiger partial charge in [0.25, 0.3) is 5.91 Å². The standard InChI is InChI=1S/C23H23N5O2/c1-3-12-25-23(29)19-20-22(27-18-10-5-4-9-17(18)26-20)28(21(19)24)13-11-15-7-6-8-16(14-15)30-2/h3-10,14H,1,11-13,24H2,2H3,(H,25,29). The Morgan fingerprint density at radius 3 is 2.70 bits per heavy atom. The van der Waals surface area contributed by atoms with Crippen molar-refractivity contribution < 1.29 is 9.53 Å². The Hall–Kier alpha value is -3.87. The van der Waals surface area contributed by atoms with Gasteiger partial charge in [0, 0.05) is 13.1 Å². The predicted molar refractivity (Wildman–Crippen MR) is 119 cm³/mol. The van der Waals surface area contributed by atoms with E-state index in [9.17, 15) is 4.79 Å².